The van der Waals surface area contributed by atoms with Crippen LogP contribution in [-0.2, 0) is 11.2 Å². The van der Waals surface area contributed by atoms with Crippen molar-refractivity contribution in [2.45, 2.75) is 51.7 Å². The summed E-state index contributed by atoms with van der Waals surface area (Å²) in [4.78, 5) is 15.8. The molecule has 0 radical (unpaired) electrons. The van der Waals surface area contributed by atoms with E-state index in [1.807, 2.05) is 69.3 Å². The van der Waals surface area contributed by atoms with E-state index in [0.717, 1.165) is 33.6 Å². The smallest absolute Gasteiger partial charge is 0.187 e. The average Bonchev–Trinajstić information content (AvgIpc) is 3.59. The molecule has 1 saturated carbocycles. The summed E-state index contributed by atoms with van der Waals surface area (Å²) in [6.45, 7) is 11.2. The molecule has 4 heteroatoms. The summed E-state index contributed by atoms with van der Waals surface area (Å²) in [5, 5.41) is 10.1. The summed E-state index contributed by atoms with van der Waals surface area (Å²) in [6.07, 6.45) is 8.71. The van der Waals surface area contributed by atoms with Crippen LogP contribution in [0.5, 0.6) is 11.5 Å². The van der Waals surface area contributed by atoms with Crippen molar-refractivity contribution < 1.29 is 14.6 Å². The SMILES string of the molecule is C=CCc1cc(/C=C2\CN(C3CC3)C/C(=C\c3ccc(OC(C)(C)C)cc3)C2=O)ccc1O. The van der Waals surface area contributed by atoms with E-state index in [-0.39, 0.29) is 17.1 Å². The third kappa shape index (κ3) is 6.02. The van der Waals surface area contributed by atoms with E-state index in [4.69, 9.17) is 4.74 Å². The number of allylic oxidation sites excluding steroid dienone is 1. The van der Waals surface area contributed by atoms with Gasteiger partial charge in [-0.1, -0.05) is 24.3 Å². The molecule has 0 bridgehead atoms. The van der Waals surface area contributed by atoms with Gasteiger partial charge in [-0.25, -0.2) is 0 Å². The van der Waals surface area contributed by atoms with Gasteiger partial charge in [-0.3, -0.25) is 9.69 Å². The Morgan fingerprint density at radius 2 is 1.64 bits per heavy atom. The zero-order valence-corrected chi connectivity index (χ0v) is 19.8. The number of phenols is 1. The summed E-state index contributed by atoms with van der Waals surface area (Å²) in [7, 11) is 0. The number of ether oxygens (including phenoxy) is 1. The van der Waals surface area contributed by atoms with Gasteiger partial charge in [0.25, 0.3) is 0 Å². The van der Waals surface area contributed by atoms with E-state index in [2.05, 4.69) is 11.5 Å². The van der Waals surface area contributed by atoms with E-state index < -0.39 is 0 Å². The number of hydrogen-bond donors (Lipinski definition) is 1. The van der Waals surface area contributed by atoms with Crippen molar-refractivity contribution in [1.29, 1.82) is 0 Å². The molecule has 1 saturated heterocycles. The highest BCUT2D eigenvalue weighted by atomic mass is 16.5. The largest absolute Gasteiger partial charge is 0.508 e. The van der Waals surface area contributed by atoms with Crippen LogP contribution in [0.1, 0.15) is 50.3 Å². The lowest BCUT2D eigenvalue weighted by Crippen LogP contribution is -2.39. The number of ketones is 1. The highest BCUT2D eigenvalue weighted by molar-refractivity contribution is 6.14. The molecular formula is C29H33NO3. The third-order valence-corrected chi connectivity index (χ3v) is 5.85. The summed E-state index contributed by atoms with van der Waals surface area (Å²) < 4.78 is 5.91. The van der Waals surface area contributed by atoms with Crippen molar-refractivity contribution in [2.75, 3.05) is 13.1 Å². The van der Waals surface area contributed by atoms with Crippen molar-refractivity contribution in [2.24, 2.45) is 0 Å². The minimum Gasteiger partial charge on any atom is -0.508 e. The van der Waals surface area contributed by atoms with Crippen LogP contribution in [0.15, 0.2) is 66.3 Å². The number of phenolic OH excluding ortho intramolecular Hbond substituents is 1. The third-order valence-electron chi connectivity index (χ3n) is 5.85. The minimum absolute atomic E-state index is 0.0975. The molecule has 0 unspecified atom stereocenters. The van der Waals surface area contributed by atoms with Crippen molar-refractivity contribution in [3.63, 3.8) is 0 Å². The highest BCUT2D eigenvalue weighted by Gasteiger charge is 2.35. The Morgan fingerprint density at radius 3 is 2.21 bits per heavy atom. The second-order valence-electron chi connectivity index (χ2n) is 9.97. The van der Waals surface area contributed by atoms with Crippen LogP contribution in [0, 0.1) is 0 Å². The first-order valence-corrected chi connectivity index (χ1v) is 11.6. The van der Waals surface area contributed by atoms with Crippen LogP contribution in [-0.4, -0.2) is 40.5 Å². The standard InChI is InChI=1S/C29H33NO3/c1-5-6-22-16-21(9-14-27(22)31)17-24-19-30(25-10-11-25)18-23(28(24)32)15-20-7-12-26(13-8-20)33-29(2,3)4/h5,7-9,12-17,25,31H,1,6,10-11,18-19H2,2-4H3/b23-15+,24-17+. The number of carbonyl (C=O) groups excluding carboxylic acids is 1. The van der Waals surface area contributed by atoms with E-state index in [9.17, 15) is 9.90 Å². The molecule has 0 aromatic heterocycles. The normalized spacial score (nSPS) is 19.8. The van der Waals surface area contributed by atoms with Gasteiger partial charge in [0.2, 0.25) is 0 Å². The van der Waals surface area contributed by atoms with Crippen molar-refractivity contribution in [3.05, 3.63) is 83.0 Å². The topological polar surface area (TPSA) is 49.8 Å². The molecule has 2 aliphatic rings. The highest BCUT2D eigenvalue weighted by Crippen LogP contribution is 2.33. The van der Waals surface area contributed by atoms with Gasteiger partial charge in [-0.05, 0) is 93.1 Å². The van der Waals surface area contributed by atoms with Crippen molar-refractivity contribution in [3.8, 4) is 11.5 Å². The summed E-state index contributed by atoms with van der Waals surface area (Å²) >= 11 is 0. The molecular weight excluding hydrogens is 410 g/mol. The number of aromatic hydroxyl groups is 1. The molecule has 2 aromatic rings. The Bertz CT molecular complexity index is 1100. The van der Waals surface area contributed by atoms with Gasteiger partial charge in [0.05, 0.1) is 0 Å². The fourth-order valence-electron chi connectivity index (χ4n) is 4.17. The molecule has 0 atom stereocenters. The number of hydrogen-bond acceptors (Lipinski definition) is 4. The second-order valence-corrected chi connectivity index (χ2v) is 9.97. The minimum atomic E-state index is -0.246. The number of benzene rings is 2. The summed E-state index contributed by atoms with van der Waals surface area (Å²) in [5.74, 6) is 1.17. The first kappa shape index (κ1) is 23.1. The Labute approximate surface area is 196 Å². The lowest BCUT2D eigenvalue weighted by molar-refractivity contribution is -0.113. The number of carbonyl (C=O) groups is 1. The van der Waals surface area contributed by atoms with Crippen LogP contribution in [0.4, 0.5) is 0 Å². The molecule has 2 aromatic carbocycles. The zero-order chi connectivity index (χ0) is 23.6. The summed E-state index contributed by atoms with van der Waals surface area (Å²) in [5.41, 5.74) is 4.10. The first-order valence-electron chi connectivity index (χ1n) is 11.6. The van der Waals surface area contributed by atoms with Gasteiger partial charge < -0.3 is 9.84 Å². The molecule has 0 amide bonds. The molecule has 4 rings (SSSR count). The first-order chi connectivity index (χ1) is 15.7. The Balaban J connectivity index is 1.61. The molecule has 1 aliphatic carbocycles. The molecule has 1 N–H and O–H groups in total. The zero-order valence-electron chi connectivity index (χ0n) is 19.8. The molecule has 4 nitrogen and oxygen atoms in total. The fraction of sp³-hybridized carbons (Fsp3) is 0.345. The number of piperidine rings is 1. The van der Waals surface area contributed by atoms with Gasteiger partial charge in [-0.2, -0.15) is 0 Å². The van der Waals surface area contributed by atoms with Gasteiger partial charge in [0.15, 0.2) is 5.78 Å². The van der Waals surface area contributed by atoms with Crippen LogP contribution in [0.2, 0.25) is 0 Å². The van der Waals surface area contributed by atoms with Gasteiger partial charge in [0, 0.05) is 30.3 Å². The summed E-state index contributed by atoms with van der Waals surface area (Å²) in [6, 6.07) is 14.0. The molecule has 1 aliphatic heterocycles. The van der Waals surface area contributed by atoms with Gasteiger partial charge in [0.1, 0.15) is 17.1 Å². The van der Waals surface area contributed by atoms with Gasteiger partial charge >= 0.3 is 0 Å². The lowest BCUT2D eigenvalue weighted by Gasteiger charge is -2.29. The quantitative estimate of drug-likeness (QED) is 0.452. The number of likely N-dealkylation sites (tertiary alicyclic amines) is 1. The Morgan fingerprint density at radius 1 is 1.03 bits per heavy atom. The predicted octanol–water partition coefficient (Wildman–Crippen LogP) is 5.81. The maximum Gasteiger partial charge on any atom is 0.187 e. The fourth-order valence-corrected chi connectivity index (χ4v) is 4.17. The Kier molecular flexibility index (Phi) is 6.57. The van der Waals surface area contributed by atoms with E-state index in [1.54, 1.807) is 12.1 Å². The predicted molar refractivity (Wildman–Crippen MR) is 134 cm³/mol. The molecule has 0 spiro atoms. The van der Waals surface area contributed by atoms with E-state index in [1.165, 1.54) is 12.8 Å². The van der Waals surface area contributed by atoms with Crippen molar-refractivity contribution in [1.82, 2.24) is 4.90 Å². The monoisotopic (exact) mass is 443 g/mol. The lowest BCUT2D eigenvalue weighted by atomic mass is 9.93. The van der Waals surface area contributed by atoms with Crippen LogP contribution in [0.3, 0.4) is 0 Å². The van der Waals surface area contributed by atoms with Crippen LogP contribution in [0.25, 0.3) is 12.2 Å². The number of rotatable bonds is 6. The number of nitrogens with zero attached hydrogens (tertiary/aromatic N) is 1. The van der Waals surface area contributed by atoms with E-state index >= 15 is 0 Å². The van der Waals surface area contributed by atoms with Crippen molar-refractivity contribution >= 4 is 17.9 Å². The maximum atomic E-state index is 13.4. The molecule has 1 heterocycles. The Hall–Kier alpha value is -3.11. The van der Waals surface area contributed by atoms with Gasteiger partial charge in [-0.15, -0.1) is 6.58 Å². The maximum absolute atomic E-state index is 13.4. The van der Waals surface area contributed by atoms with Crippen LogP contribution >= 0.6 is 0 Å². The second kappa shape index (κ2) is 9.40. The van der Waals surface area contributed by atoms with E-state index in [0.29, 0.717) is 25.6 Å². The molecule has 172 valence electrons. The molecule has 33 heavy (non-hydrogen) atoms. The van der Waals surface area contributed by atoms with Crippen LogP contribution < -0.4 is 4.74 Å². The number of Topliss-reactive ketones (excluding diaryl/α,β-unsaturated/α-hetero) is 1. The molecule has 2 fully saturated rings. The average molecular weight is 444 g/mol.